The minimum absolute atomic E-state index is 0.302. The molecule has 2 aromatic rings. The number of rotatable bonds is 5. The third kappa shape index (κ3) is 3.61. The molecule has 112 valence electrons. The Bertz CT molecular complexity index is 712. The van der Waals surface area contributed by atoms with Crippen molar-refractivity contribution >= 4 is 28.3 Å². The van der Waals surface area contributed by atoms with Crippen molar-refractivity contribution in [3.8, 4) is 0 Å². The van der Waals surface area contributed by atoms with Gasteiger partial charge in [0.05, 0.1) is 0 Å². The van der Waals surface area contributed by atoms with E-state index in [1.807, 2.05) is 36.4 Å². The normalized spacial score (nSPS) is 10.0. The minimum atomic E-state index is -0.668. The van der Waals surface area contributed by atoms with Crippen LogP contribution < -0.4 is 5.32 Å². The molecule has 4 nitrogen and oxygen atoms in total. The second-order valence-electron chi connectivity index (χ2n) is 4.80. The zero-order chi connectivity index (χ0) is 15.9. The average molecular weight is 294 g/mol. The quantitative estimate of drug-likeness (QED) is 0.681. The van der Waals surface area contributed by atoms with Crippen molar-refractivity contribution in [1.29, 1.82) is 0 Å². The lowest BCUT2D eigenvalue weighted by molar-refractivity contribution is -0.142. The predicted molar refractivity (Wildman–Crippen MR) is 89.6 cm³/mol. The van der Waals surface area contributed by atoms with Crippen LogP contribution in [0.25, 0.3) is 10.8 Å². The maximum atomic E-state index is 12.1. The Hall–Kier alpha value is -2.88. The number of nitrogens with one attached hydrogen (secondary N) is 1. The van der Waals surface area contributed by atoms with Crippen LogP contribution in [0.4, 0.5) is 5.69 Å². The van der Waals surface area contributed by atoms with Crippen molar-refractivity contribution < 1.29 is 9.59 Å². The van der Waals surface area contributed by atoms with Gasteiger partial charge in [-0.3, -0.25) is 9.59 Å². The number of carbonyl (C=O) groups excluding carboxylic acids is 2. The maximum absolute atomic E-state index is 12.1. The summed E-state index contributed by atoms with van der Waals surface area (Å²) < 4.78 is 0. The first-order valence-electron chi connectivity index (χ1n) is 6.96. The van der Waals surface area contributed by atoms with E-state index in [1.54, 1.807) is 18.2 Å². The number of amides is 2. The molecule has 0 bridgehead atoms. The fourth-order valence-electron chi connectivity index (χ4n) is 2.15. The van der Waals surface area contributed by atoms with E-state index >= 15 is 0 Å². The monoisotopic (exact) mass is 294 g/mol. The number of nitrogens with zero attached hydrogens (tertiary/aromatic N) is 1. The Balaban J connectivity index is 2.13. The van der Waals surface area contributed by atoms with Gasteiger partial charge >= 0.3 is 11.8 Å². The summed E-state index contributed by atoms with van der Waals surface area (Å²) in [6.45, 7) is 7.77. The number of hydrogen-bond acceptors (Lipinski definition) is 2. The highest BCUT2D eigenvalue weighted by molar-refractivity contribution is 6.39. The van der Waals surface area contributed by atoms with Crippen molar-refractivity contribution in [2.75, 3.05) is 18.4 Å². The van der Waals surface area contributed by atoms with Gasteiger partial charge in [0.15, 0.2) is 0 Å². The molecule has 4 heteroatoms. The molecule has 2 rings (SSSR count). The summed E-state index contributed by atoms with van der Waals surface area (Å²) in [5.41, 5.74) is 0.592. The molecule has 0 saturated carbocycles. The predicted octanol–water partition coefficient (Wildman–Crippen LogP) is 2.98. The Morgan fingerprint density at radius 3 is 2.27 bits per heavy atom. The van der Waals surface area contributed by atoms with E-state index in [0.29, 0.717) is 18.8 Å². The largest absolute Gasteiger partial charge is 0.327 e. The van der Waals surface area contributed by atoms with Crippen LogP contribution in [-0.2, 0) is 9.59 Å². The fourth-order valence-corrected chi connectivity index (χ4v) is 2.15. The van der Waals surface area contributed by atoms with Crippen molar-refractivity contribution in [3.05, 3.63) is 67.8 Å². The standard InChI is InChI=1S/C18H18N2O2/c1-3-11-20(12-4-2)18(22)17(21)19-16-10-9-14-7-5-6-8-15(14)13-16/h3-10,13H,1-2,11-12H2,(H,19,21). The number of carbonyl (C=O) groups is 2. The Kier molecular flexibility index (Phi) is 5.09. The molecule has 0 heterocycles. The topological polar surface area (TPSA) is 49.4 Å². The second kappa shape index (κ2) is 7.22. The van der Waals surface area contributed by atoms with E-state index in [-0.39, 0.29) is 0 Å². The molecule has 1 N–H and O–H groups in total. The van der Waals surface area contributed by atoms with Crippen molar-refractivity contribution in [2.24, 2.45) is 0 Å². The lowest BCUT2D eigenvalue weighted by Gasteiger charge is -2.18. The van der Waals surface area contributed by atoms with Gasteiger partial charge in [0.25, 0.3) is 0 Å². The summed E-state index contributed by atoms with van der Waals surface area (Å²) in [7, 11) is 0. The van der Waals surface area contributed by atoms with E-state index in [4.69, 9.17) is 0 Å². The molecule has 0 radical (unpaired) electrons. The zero-order valence-electron chi connectivity index (χ0n) is 12.3. The van der Waals surface area contributed by atoms with Crippen molar-refractivity contribution in [1.82, 2.24) is 4.90 Å². The molecule has 2 aromatic carbocycles. The second-order valence-corrected chi connectivity index (χ2v) is 4.80. The summed E-state index contributed by atoms with van der Waals surface area (Å²) in [5.74, 6) is -1.27. The van der Waals surface area contributed by atoms with Crippen LogP contribution in [0.2, 0.25) is 0 Å². The molecule has 0 atom stereocenters. The summed E-state index contributed by atoms with van der Waals surface area (Å²) >= 11 is 0. The Labute approximate surface area is 129 Å². The summed E-state index contributed by atoms with van der Waals surface area (Å²) in [4.78, 5) is 25.5. The van der Waals surface area contributed by atoms with Gasteiger partial charge < -0.3 is 10.2 Å². The molecule has 0 aliphatic carbocycles. The molecule has 0 aliphatic rings. The van der Waals surface area contributed by atoms with Crippen LogP contribution in [0, 0.1) is 0 Å². The van der Waals surface area contributed by atoms with Gasteiger partial charge in [0.1, 0.15) is 0 Å². The van der Waals surface area contributed by atoms with E-state index < -0.39 is 11.8 Å². The Morgan fingerprint density at radius 2 is 1.64 bits per heavy atom. The number of benzene rings is 2. The molecule has 0 aromatic heterocycles. The molecule has 0 spiro atoms. The maximum Gasteiger partial charge on any atom is 0.313 e. The number of anilines is 1. The van der Waals surface area contributed by atoms with Gasteiger partial charge in [-0.25, -0.2) is 0 Å². The van der Waals surface area contributed by atoms with E-state index in [0.717, 1.165) is 10.8 Å². The van der Waals surface area contributed by atoms with Gasteiger partial charge in [-0.15, -0.1) is 13.2 Å². The third-order valence-corrected chi connectivity index (χ3v) is 3.19. The number of hydrogen-bond donors (Lipinski definition) is 1. The summed E-state index contributed by atoms with van der Waals surface area (Å²) in [5, 5.41) is 4.71. The molecule has 0 fully saturated rings. The lowest BCUT2D eigenvalue weighted by atomic mass is 10.1. The fraction of sp³-hybridized carbons (Fsp3) is 0.111. The van der Waals surface area contributed by atoms with E-state index in [2.05, 4.69) is 18.5 Å². The Morgan fingerprint density at radius 1 is 1.00 bits per heavy atom. The van der Waals surface area contributed by atoms with E-state index in [1.165, 1.54) is 4.90 Å². The molecule has 22 heavy (non-hydrogen) atoms. The van der Waals surface area contributed by atoms with Crippen LogP contribution in [0.3, 0.4) is 0 Å². The average Bonchev–Trinajstić information content (AvgIpc) is 2.54. The van der Waals surface area contributed by atoms with Crippen LogP contribution in [-0.4, -0.2) is 29.8 Å². The summed E-state index contributed by atoms with van der Waals surface area (Å²) in [6, 6.07) is 13.3. The molecular weight excluding hydrogens is 276 g/mol. The van der Waals surface area contributed by atoms with Gasteiger partial charge in [-0.05, 0) is 22.9 Å². The zero-order valence-corrected chi connectivity index (χ0v) is 12.3. The SMILES string of the molecule is C=CCN(CC=C)C(=O)C(=O)Nc1ccc2ccccc2c1. The molecular formula is C18H18N2O2. The summed E-state index contributed by atoms with van der Waals surface area (Å²) in [6.07, 6.45) is 3.15. The molecule has 2 amide bonds. The van der Waals surface area contributed by atoms with Gasteiger partial charge in [0, 0.05) is 18.8 Å². The highest BCUT2D eigenvalue weighted by Crippen LogP contribution is 2.18. The molecule has 0 aliphatic heterocycles. The molecule has 0 unspecified atom stereocenters. The molecule has 0 saturated heterocycles. The van der Waals surface area contributed by atoms with E-state index in [9.17, 15) is 9.59 Å². The highest BCUT2D eigenvalue weighted by atomic mass is 16.2. The lowest BCUT2D eigenvalue weighted by Crippen LogP contribution is -2.39. The van der Waals surface area contributed by atoms with Crippen molar-refractivity contribution in [2.45, 2.75) is 0 Å². The number of fused-ring (bicyclic) bond motifs is 1. The van der Waals surface area contributed by atoms with Crippen LogP contribution in [0.5, 0.6) is 0 Å². The van der Waals surface area contributed by atoms with Crippen LogP contribution in [0.1, 0.15) is 0 Å². The van der Waals surface area contributed by atoms with Gasteiger partial charge in [-0.2, -0.15) is 0 Å². The van der Waals surface area contributed by atoms with Crippen molar-refractivity contribution in [3.63, 3.8) is 0 Å². The third-order valence-electron chi connectivity index (χ3n) is 3.19. The first-order valence-corrected chi connectivity index (χ1v) is 6.96. The first kappa shape index (κ1) is 15.5. The minimum Gasteiger partial charge on any atom is -0.327 e. The highest BCUT2D eigenvalue weighted by Gasteiger charge is 2.20. The first-order chi connectivity index (χ1) is 10.7. The van der Waals surface area contributed by atoms with Crippen LogP contribution in [0.15, 0.2) is 67.8 Å². The van der Waals surface area contributed by atoms with Gasteiger partial charge in [0.2, 0.25) is 0 Å². The van der Waals surface area contributed by atoms with Gasteiger partial charge in [-0.1, -0.05) is 42.5 Å². The van der Waals surface area contributed by atoms with Crippen LogP contribution >= 0.6 is 0 Å². The smallest absolute Gasteiger partial charge is 0.313 e.